The van der Waals surface area contributed by atoms with Crippen LogP contribution >= 0.6 is 15.9 Å². The Hall–Kier alpha value is -1.30. The van der Waals surface area contributed by atoms with Crippen molar-refractivity contribution in [3.63, 3.8) is 0 Å². The second-order valence-electron chi connectivity index (χ2n) is 4.46. The fraction of sp³-hybridized carbons (Fsp3) is 0.286. The summed E-state index contributed by atoms with van der Waals surface area (Å²) >= 11 is 3.44. The SMILES string of the molecule is CN(Cc1cccnc1)C(CN)c1cncc(Br)c1. The summed E-state index contributed by atoms with van der Waals surface area (Å²) in [7, 11) is 2.06. The molecule has 2 aromatic heterocycles. The zero-order valence-electron chi connectivity index (χ0n) is 10.8. The Morgan fingerprint density at radius 1 is 1.32 bits per heavy atom. The molecule has 0 amide bonds. The summed E-state index contributed by atoms with van der Waals surface area (Å²) in [5.41, 5.74) is 8.20. The van der Waals surface area contributed by atoms with E-state index in [2.05, 4.69) is 50.0 Å². The molecule has 0 bridgehead atoms. The molecule has 100 valence electrons. The van der Waals surface area contributed by atoms with Crippen LogP contribution in [0, 0.1) is 0 Å². The van der Waals surface area contributed by atoms with Crippen LogP contribution in [0.25, 0.3) is 0 Å². The maximum absolute atomic E-state index is 5.91. The number of hydrogen-bond acceptors (Lipinski definition) is 4. The molecule has 0 saturated heterocycles. The summed E-state index contributed by atoms with van der Waals surface area (Å²) in [5, 5.41) is 0. The van der Waals surface area contributed by atoms with Crippen molar-refractivity contribution in [3.05, 3.63) is 58.6 Å². The van der Waals surface area contributed by atoms with Gasteiger partial charge in [0.2, 0.25) is 0 Å². The molecule has 0 aliphatic rings. The largest absolute Gasteiger partial charge is 0.329 e. The van der Waals surface area contributed by atoms with Gasteiger partial charge in [0.05, 0.1) is 0 Å². The summed E-state index contributed by atoms with van der Waals surface area (Å²) < 4.78 is 0.971. The molecule has 2 rings (SSSR count). The quantitative estimate of drug-likeness (QED) is 0.919. The smallest absolute Gasteiger partial charge is 0.0486 e. The Morgan fingerprint density at radius 2 is 2.16 bits per heavy atom. The standard InChI is InChI=1S/C14H17BrN4/c1-19(10-11-3-2-4-17-7-11)14(6-16)12-5-13(15)9-18-8-12/h2-5,7-9,14H,6,10,16H2,1H3. The van der Waals surface area contributed by atoms with Gasteiger partial charge in [-0.25, -0.2) is 0 Å². The summed E-state index contributed by atoms with van der Waals surface area (Å²) in [6.07, 6.45) is 7.30. The van der Waals surface area contributed by atoms with Crippen molar-refractivity contribution in [3.8, 4) is 0 Å². The molecule has 0 radical (unpaired) electrons. The van der Waals surface area contributed by atoms with E-state index in [9.17, 15) is 0 Å². The van der Waals surface area contributed by atoms with E-state index >= 15 is 0 Å². The lowest BCUT2D eigenvalue weighted by molar-refractivity contribution is 0.241. The first-order chi connectivity index (χ1) is 9.20. The minimum atomic E-state index is 0.144. The number of hydrogen-bond donors (Lipinski definition) is 1. The molecule has 0 aromatic carbocycles. The van der Waals surface area contributed by atoms with Gasteiger partial charge >= 0.3 is 0 Å². The zero-order valence-corrected chi connectivity index (χ0v) is 12.4. The van der Waals surface area contributed by atoms with Crippen LogP contribution in [0.2, 0.25) is 0 Å². The molecule has 0 spiro atoms. The van der Waals surface area contributed by atoms with Gasteiger partial charge in [0.15, 0.2) is 0 Å². The number of rotatable bonds is 5. The Morgan fingerprint density at radius 3 is 2.79 bits per heavy atom. The second kappa shape index (κ2) is 6.75. The van der Waals surface area contributed by atoms with E-state index in [-0.39, 0.29) is 6.04 Å². The van der Waals surface area contributed by atoms with Crippen LogP contribution in [0.3, 0.4) is 0 Å². The molecule has 0 aliphatic heterocycles. The van der Waals surface area contributed by atoms with Crippen molar-refractivity contribution in [2.24, 2.45) is 5.73 Å². The lowest BCUT2D eigenvalue weighted by Gasteiger charge is -2.27. The van der Waals surface area contributed by atoms with Gasteiger partial charge in [-0.1, -0.05) is 6.07 Å². The number of nitrogens with two attached hydrogens (primary N) is 1. The third kappa shape index (κ3) is 3.83. The molecule has 1 atom stereocenters. The van der Waals surface area contributed by atoms with Gasteiger partial charge in [-0.2, -0.15) is 0 Å². The fourth-order valence-corrected chi connectivity index (χ4v) is 2.45. The minimum Gasteiger partial charge on any atom is -0.329 e. The first-order valence-corrected chi connectivity index (χ1v) is 6.89. The monoisotopic (exact) mass is 320 g/mol. The van der Waals surface area contributed by atoms with Gasteiger partial charge in [0.1, 0.15) is 0 Å². The zero-order chi connectivity index (χ0) is 13.7. The average molecular weight is 321 g/mol. The molecule has 0 fully saturated rings. The molecule has 0 saturated carbocycles. The molecule has 2 N–H and O–H groups in total. The average Bonchev–Trinajstić information content (AvgIpc) is 2.41. The predicted molar refractivity (Wildman–Crippen MR) is 79.4 cm³/mol. The van der Waals surface area contributed by atoms with Gasteiger partial charge in [-0.15, -0.1) is 0 Å². The third-order valence-electron chi connectivity index (χ3n) is 3.02. The van der Waals surface area contributed by atoms with E-state index in [1.54, 1.807) is 12.4 Å². The molecule has 19 heavy (non-hydrogen) atoms. The Balaban J connectivity index is 2.13. The predicted octanol–water partition coefficient (Wildman–Crippen LogP) is 2.37. The number of aromatic nitrogens is 2. The van der Waals surface area contributed by atoms with Crippen molar-refractivity contribution in [1.82, 2.24) is 14.9 Å². The number of pyridine rings is 2. The first kappa shape index (κ1) is 14.1. The van der Waals surface area contributed by atoms with Crippen LogP contribution in [0.1, 0.15) is 17.2 Å². The number of nitrogens with zero attached hydrogens (tertiary/aromatic N) is 3. The molecule has 1 unspecified atom stereocenters. The van der Waals surface area contributed by atoms with E-state index < -0.39 is 0 Å². The van der Waals surface area contributed by atoms with Gasteiger partial charge in [-0.3, -0.25) is 14.9 Å². The van der Waals surface area contributed by atoms with Crippen LogP contribution in [0.5, 0.6) is 0 Å². The Kier molecular flexibility index (Phi) is 5.01. The fourth-order valence-electron chi connectivity index (χ4n) is 2.07. The highest BCUT2D eigenvalue weighted by molar-refractivity contribution is 9.10. The van der Waals surface area contributed by atoms with Crippen molar-refractivity contribution in [2.75, 3.05) is 13.6 Å². The van der Waals surface area contributed by atoms with Gasteiger partial charge in [-0.05, 0) is 46.2 Å². The maximum atomic E-state index is 5.91. The van der Waals surface area contributed by atoms with E-state index in [0.717, 1.165) is 16.6 Å². The molecule has 2 heterocycles. The Labute approximate surface area is 121 Å². The van der Waals surface area contributed by atoms with E-state index in [4.69, 9.17) is 5.73 Å². The summed E-state index contributed by atoms with van der Waals surface area (Å²) in [4.78, 5) is 10.5. The van der Waals surface area contributed by atoms with Crippen LogP contribution in [0.4, 0.5) is 0 Å². The summed E-state index contributed by atoms with van der Waals surface area (Å²) in [6.45, 7) is 1.36. The molecular formula is C14H17BrN4. The van der Waals surface area contributed by atoms with Crippen LogP contribution in [-0.2, 0) is 6.54 Å². The second-order valence-corrected chi connectivity index (χ2v) is 5.38. The highest BCUT2D eigenvalue weighted by atomic mass is 79.9. The van der Waals surface area contributed by atoms with Crippen molar-refractivity contribution >= 4 is 15.9 Å². The van der Waals surface area contributed by atoms with E-state index in [1.165, 1.54) is 5.56 Å². The number of halogens is 1. The third-order valence-corrected chi connectivity index (χ3v) is 3.45. The van der Waals surface area contributed by atoms with Crippen LogP contribution in [0.15, 0.2) is 47.5 Å². The molecular weight excluding hydrogens is 304 g/mol. The maximum Gasteiger partial charge on any atom is 0.0486 e. The van der Waals surface area contributed by atoms with Crippen LogP contribution in [-0.4, -0.2) is 28.5 Å². The van der Waals surface area contributed by atoms with Gasteiger partial charge in [0.25, 0.3) is 0 Å². The van der Waals surface area contributed by atoms with Crippen molar-refractivity contribution in [2.45, 2.75) is 12.6 Å². The minimum absolute atomic E-state index is 0.144. The Bertz CT molecular complexity index is 518. The molecule has 5 heteroatoms. The van der Waals surface area contributed by atoms with E-state index in [0.29, 0.717) is 6.54 Å². The lowest BCUT2D eigenvalue weighted by Crippen LogP contribution is -2.30. The van der Waals surface area contributed by atoms with Crippen molar-refractivity contribution < 1.29 is 0 Å². The van der Waals surface area contributed by atoms with Gasteiger partial charge < -0.3 is 5.73 Å². The topological polar surface area (TPSA) is 55.0 Å². The molecule has 0 aliphatic carbocycles. The summed E-state index contributed by atoms with van der Waals surface area (Å²) in [6, 6.07) is 6.21. The van der Waals surface area contributed by atoms with E-state index in [1.807, 2.05) is 18.5 Å². The lowest BCUT2D eigenvalue weighted by atomic mass is 10.1. The highest BCUT2D eigenvalue weighted by Gasteiger charge is 2.16. The molecule has 4 nitrogen and oxygen atoms in total. The molecule has 2 aromatic rings. The first-order valence-electron chi connectivity index (χ1n) is 6.10. The van der Waals surface area contributed by atoms with Crippen molar-refractivity contribution in [1.29, 1.82) is 0 Å². The normalized spacial score (nSPS) is 12.6. The van der Waals surface area contributed by atoms with Gasteiger partial charge in [0, 0.05) is 48.4 Å². The summed E-state index contributed by atoms with van der Waals surface area (Å²) in [5.74, 6) is 0. The highest BCUT2D eigenvalue weighted by Crippen LogP contribution is 2.22. The van der Waals surface area contributed by atoms with Crippen LogP contribution < -0.4 is 5.73 Å². The number of likely N-dealkylation sites (N-methyl/N-ethyl adjacent to an activating group) is 1.